The number of nitrogens with one attached hydrogen (secondary N) is 1. The zero-order valence-corrected chi connectivity index (χ0v) is 12.0. The molecule has 18 heavy (non-hydrogen) atoms. The molecule has 1 fully saturated rings. The summed E-state index contributed by atoms with van der Waals surface area (Å²) in [5.74, 6) is 2.55. The molecule has 1 aliphatic carbocycles. The highest BCUT2D eigenvalue weighted by atomic mass is 15.2. The fourth-order valence-corrected chi connectivity index (χ4v) is 3.04. The molecule has 2 rings (SSSR count). The van der Waals surface area contributed by atoms with E-state index in [4.69, 9.17) is 0 Å². The lowest BCUT2D eigenvalue weighted by molar-refractivity contribution is 0.234. The molecule has 0 aromatic carbocycles. The van der Waals surface area contributed by atoms with Gasteiger partial charge in [0, 0.05) is 25.0 Å². The van der Waals surface area contributed by atoms with Gasteiger partial charge in [0.05, 0.1) is 0 Å². The minimum Gasteiger partial charge on any atom is -0.355 e. The number of nitrogens with zero attached hydrogens (tertiary/aromatic N) is 2. The lowest BCUT2D eigenvalue weighted by Gasteiger charge is -2.33. The molecule has 0 bridgehead atoms. The largest absolute Gasteiger partial charge is 0.355 e. The van der Waals surface area contributed by atoms with E-state index in [1.54, 1.807) is 0 Å². The van der Waals surface area contributed by atoms with Crippen molar-refractivity contribution in [3.05, 3.63) is 12.4 Å². The fourth-order valence-electron chi connectivity index (χ4n) is 3.04. The van der Waals surface area contributed by atoms with E-state index in [0.29, 0.717) is 12.0 Å². The Morgan fingerprint density at radius 3 is 2.89 bits per heavy atom. The SMILES string of the molecule is CCC1CCCCC1n1ccnc1NCC(C)C. The first-order valence-corrected chi connectivity index (χ1v) is 7.49. The third kappa shape index (κ3) is 3.06. The summed E-state index contributed by atoms with van der Waals surface area (Å²) in [4.78, 5) is 4.48. The van der Waals surface area contributed by atoms with Gasteiger partial charge in [-0.05, 0) is 24.7 Å². The smallest absolute Gasteiger partial charge is 0.203 e. The summed E-state index contributed by atoms with van der Waals surface area (Å²) < 4.78 is 2.38. The summed E-state index contributed by atoms with van der Waals surface area (Å²) in [5.41, 5.74) is 0. The Morgan fingerprint density at radius 2 is 2.17 bits per heavy atom. The molecule has 3 nitrogen and oxygen atoms in total. The predicted octanol–water partition coefficient (Wildman–Crippen LogP) is 4.09. The maximum absolute atomic E-state index is 4.48. The highest BCUT2D eigenvalue weighted by molar-refractivity contribution is 5.27. The summed E-state index contributed by atoms with van der Waals surface area (Å²) in [6.45, 7) is 7.78. The molecule has 1 N–H and O–H groups in total. The van der Waals surface area contributed by atoms with E-state index in [2.05, 4.69) is 41.8 Å². The van der Waals surface area contributed by atoms with E-state index in [0.717, 1.165) is 18.4 Å². The van der Waals surface area contributed by atoms with Gasteiger partial charge in [0.1, 0.15) is 0 Å². The van der Waals surface area contributed by atoms with Crippen molar-refractivity contribution < 1.29 is 0 Å². The topological polar surface area (TPSA) is 29.9 Å². The van der Waals surface area contributed by atoms with Crippen molar-refractivity contribution in [1.82, 2.24) is 9.55 Å². The molecular weight excluding hydrogens is 222 g/mol. The van der Waals surface area contributed by atoms with Crippen LogP contribution in [0.5, 0.6) is 0 Å². The number of hydrogen-bond donors (Lipinski definition) is 1. The van der Waals surface area contributed by atoms with Gasteiger partial charge in [0.25, 0.3) is 0 Å². The molecule has 0 saturated heterocycles. The first-order chi connectivity index (χ1) is 8.72. The quantitative estimate of drug-likeness (QED) is 0.851. The van der Waals surface area contributed by atoms with Crippen LogP contribution < -0.4 is 5.32 Å². The molecule has 2 unspecified atom stereocenters. The van der Waals surface area contributed by atoms with E-state index < -0.39 is 0 Å². The van der Waals surface area contributed by atoms with Crippen molar-refractivity contribution in [3.8, 4) is 0 Å². The van der Waals surface area contributed by atoms with Crippen LogP contribution in [0.2, 0.25) is 0 Å². The predicted molar refractivity (Wildman–Crippen MR) is 76.8 cm³/mol. The highest BCUT2D eigenvalue weighted by Gasteiger charge is 2.26. The molecule has 1 saturated carbocycles. The second kappa shape index (κ2) is 6.26. The molecule has 1 heterocycles. The Hall–Kier alpha value is -0.990. The van der Waals surface area contributed by atoms with Crippen molar-refractivity contribution in [2.45, 2.75) is 58.9 Å². The number of aromatic nitrogens is 2. The van der Waals surface area contributed by atoms with Crippen LogP contribution in [0.3, 0.4) is 0 Å². The maximum Gasteiger partial charge on any atom is 0.203 e. The molecule has 2 atom stereocenters. The van der Waals surface area contributed by atoms with Gasteiger partial charge < -0.3 is 9.88 Å². The molecule has 3 heteroatoms. The molecule has 1 aromatic rings. The molecular formula is C15H27N3. The van der Waals surface area contributed by atoms with Gasteiger partial charge in [-0.2, -0.15) is 0 Å². The van der Waals surface area contributed by atoms with Gasteiger partial charge >= 0.3 is 0 Å². The molecule has 1 aliphatic rings. The van der Waals surface area contributed by atoms with Gasteiger partial charge in [-0.3, -0.25) is 0 Å². The van der Waals surface area contributed by atoms with E-state index in [-0.39, 0.29) is 0 Å². The van der Waals surface area contributed by atoms with Gasteiger partial charge in [-0.1, -0.05) is 40.0 Å². The first kappa shape index (κ1) is 13.4. The third-order valence-corrected chi connectivity index (χ3v) is 4.09. The van der Waals surface area contributed by atoms with Crippen LogP contribution in [0, 0.1) is 11.8 Å². The van der Waals surface area contributed by atoms with Crippen molar-refractivity contribution in [1.29, 1.82) is 0 Å². The Morgan fingerprint density at radius 1 is 1.39 bits per heavy atom. The van der Waals surface area contributed by atoms with Crippen LogP contribution in [0.1, 0.15) is 58.9 Å². The van der Waals surface area contributed by atoms with Crippen molar-refractivity contribution >= 4 is 5.95 Å². The number of hydrogen-bond acceptors (Lipinski definition) is 2. The fraction of sp³-hybridized carbons (Fsp3) is 0.800. The minimum absolute atomic E-state index is 0.654. The lowest BCUT2D eigenvalue weighted by Crippen LogP contribution is -2.24. The molecule has 102 valence electrons. The van der Waals surface area contributed by atoms with Crippen LogP contribution in [-0.4, -0.2) is 16.1 Å². The van der Waals surface area contributed by atoms with E-state index in [1.165, 1.54) is 32.1 Å². The van der Waals surface area contributed by atoms with Crippen LogP contribution in [0.4, 0.5) is 5.95 Å². The van der Waals surface area contributed by atoms with Crippen LogP contribution in [-0.2, 0) is 0 Å². The Labute approximate surface area is 111 Å². The zero-order valence-electron chi connectivity index (χ0n) is 12.0. The molecule has 0 aliphatic heterocycles. The van der Waals surface area contributed by atoms with Gasteiger partial charge in [0.15, 0.2) is 0 Å². The Kier molecular flexibility index (Phi) is 4.67. The van der Waals surface area contributed by atoms with E-state index in [9.17, 15) is 0 Å². The van der Waals surface area contributed by atoms with Crippen LogP contribution in [0.15, 0.2) is 12.4 Å². The third-order valence-electron chi connectivity index (χ3n) is 4.09. The van der Waals surface area contributed by atoms with Crippen molar-refractivity contribution in [2.75, 3.05) is 11.9 Å². The minimum atomic E-state index is 0.654. The Bertz CT molecular complexity index is 356. The zero-order chi connectivity index (χ0) is 13.0. The number of rotatable bonds is 5. The molecule has 1 aromatic heterocycles. The van der Waals surface area contributed by atoms with Crippen molar-refractivity contribution in [2.24, 2.45) is 11.8 Å². The van der Waals surface area contributed by atoms with E-state index >= 15 is 0 Å². The lowest BCUT2D eigenvalue weighted by atomic mass is 9.83. The monoisotopic (exact) mass is 249 g/mol. The Balaban J connectivity index is 2.09. The summed E-state index contributed by atoms with van der Waals surface area (Å²) in [5, 5.41) is 3.49. The normalized spacial score (nSPS) is 24.4. The second-order valence-electron chi connectivity index (χ2n) is 5.95. The average molecular weight is 249 g/mol. The van der Waals surface area contributed by atoms with Crippen LogP contribution >= 0.6 is 0 Å². The number of imidazole rings is 1. The van der Waals surface area contributed by atoms with Gasteiger partial charge in [-0.25, -0.2) is 4.98 Å². The molecule has 0 radical (unpaired) electrons. The molecule has 0 amide bonds. The maximum atomic E-state index is 4.48. The van der Waals surface area contributed by atoms with Gasteiger partial charge in [0.2, 0.25) is 5.95 Å². The average Bonchev–Trinajstić information content (AvgIpc) is 2.84. The summed E-state index contributed by atoms with van der Waals surface area (Å²) in [6, 6.07) is 0.654. The summed E-state index contributed by atoms with van der Waals surface area (Å²) in [6.07, 6.45) is 10.8. The van der Waals surface area contributed by atoms with Gasteiger partial charge in [-0.15, -0.1) is 0 Å². The summed E-state index contributed by atoms with van der Waals surface area (Å²) in [7, 11) is 0. The summed E-state index contributed by atoms with van der Waals surface area (Å²) >= 11 is 0. The number of anilines is 1. The second-order valence-corrected chi connectivity index (χ2v) is 5.95. The highest BCUT2D eigenvalue weighted by Crippen LogP contribution is 2.37. The molecule has 0 spiro atoms. The first-order valence-electron chi connectivity index (χ1n) is 7.49. The van der Waals surface area contributed by atoms with Crippen LogP contribution in [0.25, 0.3) is 0 Å². The van der Waals surface area contributed by atoms with E-state index in [1.807, 2.05) is 6.20 Å². The van der Waals surface area contributed by atoms with Crippen molar-refractivity contribution in [3.63, 3.8) is 0 Å². The standard InChI is InChI=1S/C15H27N3/c1-4-13-7-5-6-8-14(13)18-10-9-16-15(18)17-11-12(2)3/h9-10,12-14H,4-8,11H2,1-3H3,(H,16,17).